The zero-order valence-electron chi connectivity index (χ0n) is 16.5. The molecule has 0 spiro atoms. The molecule has 0 rings (SSSR count). The fourth-order valence-corrected chi connectivity index (χ4v) is 2.92. The summed E-state index contributed by atoms with van der Waals surface area (Å²) in [4.78, 5) is 21.6. The van der Waals surface area contributed by atoms with Gasteiger partial charge in [-0.15, -0.1) is 0 Å². The Morgan fingerprint density at radius 3 is 1.40 bits per heavy atom. The highest BCUT2D eigenvalue weighted by Crippen LogP contribution is 2.13. The Bertz CT molecular complexity index is 311. The van der Waals surface area contributed by atoms with E-state index in [0.29, 0.717) is 6.42 Å². The SMILES string of the molecule is CCCCCCCCCCCCCCCCCC(=O)NCC(=O)O.[Mg]. The summed E-state index contributed by atoms with van der Waals surface area (Å²) in [5, 5.41) is 10.8. The van der Waals surface area contributed by atoms with E-state index in [2.05, 4.69) is 12.2 Å². The second-order valence-corrected chi connectivity index (χ2v) is 6.87. The monoisotopic (exact) mass is 365 g/mol. The van der Waals surface area contributed by atoms with Gasteiger partial charge in [0.2, 0.25) is 5.91 Å². The van der Waals surface area contributed by atoms with Gasteiger partial charge in [0.25, 0.3) is 0 Å². The van der Waals surface area contributed by atoms with Crippen molar-refractivity contribution in [2.75, 3.05) is 6.54 Å². The van der Waals surface area contributed by atoms with E-state index in [0.717, 1.165) is 12.8 Å². The first kappa shape index (κ1) is 26.9. The molecule has 0 aromatic rings. The van der Waals surface area contributed by atoms with Crippen molar-refractivity contribution < 1.29 is 14.7 Å². The van der Waals surface area contributed by atoms with Crippen LogP contribution in [-0.2, 0) is 9.59 Å². The van der Waals surface area contributed by atoms with Gasteiger partial charge in [-0.05, 0) is 6.42 Å². The maximum atomic E-state index is 11.3. The number of rotatable bonds is 18. The van der Waals surface area contributed by atoms with E-state index in [4.69, 9.17) is 5.11 Å². The molecule has 0 bridgehead atoms. The van der Waals surface area contributed by atoms with Crippen molar-refractivity contribution in [2.45, 2.75) is 110 Å². The number of carbonyl (C=O) groups is 2. The third-order valence-electron chi connectivity index (χ3n) is 4.44. The normalized spacial score (nSPS) is 10.3. The fraction of sp³-hybridized carbons (Fsp3) is 0.900. The summed E-state index contributed by atoms with van der Waals surface area (Å²) < 4.78 is 0. The molecule has 0 fully saturated rings. The Balaban J connectivity index is 0. The molecular formula is C20H39MgNO3. The van der Waals surface area contributed by atoms with Crippen molar-refractivity contribution in [2.24, 2.45) is 0 Å². The van der Waals surface area contributed by atoms with E-state index >= 15 is 0 Å². The van der Waals surface area contributed by atoms with Crippen molar-refractivity contribution in [1.82, 2.24) is 5.32 Å². The Labute approximate surface area is 171 Å². The van der Waals surface area contributed by atoms with Crippen LogP contribution in [0.2, 0.25) is 0 Å². The Hall–Kier alpha value is -0.294. The Morgan fingerprint density at radius 2 is 1.04 bits per heavy atom. The highest BCUT2D eigenvalue weighted by molar-refractivity contribution is 5.80. The minimum Gasteiger partial charge on any atom is -0.480 e. The number of nitrogens with one attached hydrogen (secondary N) is 1. The van der Waals surface area contributed by atoms with Crippen LogP contribution in [0, 0.1) is 0 Å². The summed E-state index contributed by atoms with van der Waals surface area (Å²) in [6.45, 7) is 2.00. The summed E-state index contributed by atoms with van der Waals surface area (Å²) in [5.41, 5.74) is 0. The molecule has 2 radical (unpaired) electrons. The van der Waals surface area contributed by atoms with Crippen molar-refractivity contribution in [1.29, 1.82) is 0 Å². The molecule has 0 aromatic carbocycles. The Kier molecular flexibility index (Phi) is 23.4. The van der Waals surface area contributed by atoms with Gasteiger partial charge in [0, 0.05) is 29.5 Å². The number of carboxylic acid groups (broad SMARTS) is 1. The molecule has 4 nitrogen and oxygen atoms in total. The van der Waals surface area contributed by atoms with Gasteiger partial charge < -0.3 is 10.4 Å². The van der Waals surface area contributed by atoms with Crippen LogP contribution in [0.15, 0.2) is 0 Å². The lowest BCUT2D eigenvalue weighted by molar-refractivity contribution is -0.137. The molecule has 0 saturated heterocycles. The van der Waals surface area contributed by atoms with Crippen molar-refractivity contribution in [3.8, 4) is 0 Å². The summed E-state index contributed by atoms with van der Waals surface area (Å²) >= 11 is 0. The molecule has 1 amide bonds. The topological polar surface area (TPSA) is 66.4 Å². The van der Waals surface area contributed by atoms with Crippen LogP contribution in [-0.4, -0.2) is 46.6 Å². The minimum atomic E-state index is -0.986. The summed E-state index contributed by atoms with van der Waals surface area (Å²) in [6, 6.07) is 0. The maximum Gasteiger partial charge on any atom is 0.322 e. The van der Waals surface area contributed by atoms with Crippen LogP contribution in [0.3, 0.4) is 0 Å². The van der Waals surface area contributed by atoms with Crippen LogP contribution in [0.5, 0.6) is 0 Å². The lowest BCUT2D eigenvalue weighted by Gasteiger charge is -2.04. The van der Waals surface area contributed by atoms with E-state index < -0.39 is 5.97 Å². The molecule has 0 saturated carbocycles. The molecule has 0 aromatic heterocycles. The van der Waals surface area contributed by atoms with Crippen LogP contribution in [0.25, 0.3) is 0 Å². The number of unbranched alkanes of at least 4 members (excludes halogenated alkanes) is 14. The fourth-order valence-electron chi connectivity index (χ4n) is 2.92. The highest BCUT2D eigenvalue weighted by Gasteiger charge is 2.03. The molecule has 5 heteroatoms. The van der Waals surface area contributed by atoms with Crippen molar-refractivity contribution in [3.05, 3.63) is 0 Å². The first-order valence-corrected chi connectivity index (χ1v) is 10.1. The smallest absolute Gasteiger partial charge is 0.322 e. The van der Waals surface area contributed by atoms with Crippen LogP contribution in [0.1, 0.15) is 110 Å². The van der Waals surface area contributed by atoms with Crippen LogP contribution >= 0.6 is 0 Å². The average Bonchev–Trinajstić information content (AvgIpc) is 2.56. The lowest BCUT2D eigenvalue weighted by Crippen LogP contribution is -2.28. The van der Waals surface area contributed by atoms with E-state index in [1.807, 2.05) is 0 Å². The summed E-state index contributed by atoms with van der Waals surface area (Å²) in [7, 11) is 0. The number of hydrogen-bond acceptors (Lipinski definition) is 2. The van der Waals surface area contributed by atoms with E-state index in [1.165, 1.54) is 83.5 Å². The zero-order chi connectivity index (χ0) is 17.9. The molecule has 144 valence electrons. The number of carboxylic acids is 1. The third kappa shape index (κ3) is 23.7. The maximum absolute atomic E-state index is 11.3. The largest absolute Gasteiger partial charge is 0.480 e. The van der Waals surface area contributed by atoms with Gasteiger partial charge in [-0.25, -0.2) is 0 Å². The minimum absolute atomic E-state index is 0. The number of hydrogen-bond donors (Lipinski definition) is 2. The van der Waals surface area contributed by atoms with E-state index in [9.17, 15) is 9.59 Å². The van der Waals surface area contributed by atoms with E-state index in [1.54, 1.807) is 0 Å². The number of carbonyl (C=O) groups excluding carboxylic acids is 1. The second kappa shape index (κ2) is 21.7. The summed E-state index contributed by atoms with van der Waals surface area (Å²) in [5.74, 6) is -1.13. The van der Waals surface area contributed by atoms with Gasteiger partial charge in [0.15, 0.2) is 0 Å². The first-order valence-electron chi connectivity index (χ1n) is 10.1. The quantitative estimate of drug-likeness (QED) is 0.263. The molecule has 2 N–H and O–H groups in total. The van der Waals surface area contributed by atoms with Crippen LogP contribution in [0.4, 0.5) is 0 Å². The Morgan fingerprint density at radius 1 is 0.680 bits per heavy atom. The summed E-state index contributed by atoms with van der Waals surface area (Å²) in [6.07, 6.45) is 20.0. The highest BCUT2D eigenvalue weighted by atomic mass is 24.3. The van der Waals surface area contributed by atoms with E-state index in [-0.39, 0.29) is 35.5 Å². The lowest BCUT2D eigenvalue weighted by atomic mass is 10.0. The van der Waals surface area contributed by atoms with Gasteiger partial charge in [-0.2, -0.15) is 0 Å². The van der Waals surface area contributed by atoms with Crippen molar-refractivity contribution in [3.63, 3.8) is 0 Å². The third-order valence-corrected chi connectivity index (χ3v) is 4.44. The predicted octanol–water partition coefficient (Wildman–Crippen LogP) is 5.07. The average molecular weight is 366 g/mol. The number of aliphatic carboxylic acids is 1. The number of amides is 1. The van der Waals surface area contributed by atoms with Gasteiger partial charge >= 0.3 is 5.97 Å². The van der Waals surface area contributed by atoms with Crippen LogP contribution < -0.4 is 5.32 Å². The molecule has 0 atom stereocenters. The van der Waals surface area contributed by atoms with Gasteiger partial charge in [0.1, 0.15) is 6.54 Å². The standard InChI is InChI=1S/C20H39NO3.Mg/c1-2-3-4-5-6-7-8-9-10-11-12-13-14-15-16-17-19(22)21-18-20(23)24;/h2-18H2,1H3,(H,21,22)(H,23,24);. The van der Waals surface area contributed by atoms with Gasteiger partial charge in [0.05, 0.1) is 0 Å². The van der Waals surface area contributed by atoms with Gasteiger partial charge in [-0.3, -0.25) is 9.59 Å². The van der Waals surface area contributed by atoms with Gasteiger partial charge in [-0.1, -0.05) is 96.8 Å². The molecule has 0 aliphatic rings. The molecule has 0 heterocycles. The predicted molar refractivity (Wildman–Crippen MR) is 106 cm³/mol. The molecule has 25 heavy (non-hydrogen) atoms. The van der Waals surface area contributed by atoms with Crippen molar-refractivity contribution >= 4 is 34.9 Å². The zero-order valence-corrected chi connectivity index (χ0v) is 17.9. The second-order valence-electron chi connectivity index (χ2n) is 6.87. The molecule has 0 aliphatic carbocycles. The first-order chi connectivity index (χ1) is 11.7. The molecule has 0 unspecified atom stereocenters. The molecule has 0 aliphatic heterocycles. The molecular weight excluding hydrogens is 327 g/mol.